The molecule has 0 fully saturated rings. The number of aromatic hydroxyl groups is 2. The van der Waals surface area contributed by atoms with Gasteiger partial charge in [0.15, 0.2) is 24.8 Å². The molecule has 5 N–H and O–H groups in total. The molecule has 0 bridgehead atoms. The molecule has 0 saturated heterocycles. The fourth-order valence-electron chi connectivity index (χ4n) is 1.25. The molecule has 0 amide bonds. The lowest BCUT2D eigenvalue weighted by atomic mass is 10.3. The van der Waals surface area contributed by atoms with Crippen LogP contribution in [0.1, 0.15) is 0 Å². The first-order chi connectivity index (χ1) is 7.09. The number of phenolic OH excluding ortho intramolecular Hbond substituents is 2. The molecule has 0 atom stereocenters. The maximum absolute atomic E-state index is 9.55. The highest BCUT2D eigenvalue weighted by Gasteiger charge is 2.41. The summed E-state index contributed by atoms with van der Waals surface area (Å²) in [5.41, 5.74) is 0. The zero-order valence-corrected chi connectivity index (χ0v) is 8.93. The van der Waals surface area contributed by atoms with Crippen LogP contribution in [0.4, 0.5) is 0 Å². The van der Waals surface area contributed by atoms with Crippen molar-refractivity contribution >= 4 is 12.6 Å². The zero-order chi connectivity index (χ0) is 11.5. The molecule has 0 spiro atoms. The number of hydrogen-bond acceptors (Lipinski definition) is 5. The van der Waals surface area contributed by atoms with Gasteiger partial charge in [-0.15, -0.1) is 0 Å². The minimum Gasteiger partial charge on any atom is -0.508 e. The van der Waals surface area contributed by atoms with Gasteiger partial charge in [0.2, 0.25) is 0 Å². The summed E-state index contributed by atoms with van der Waals surface area (Å²) in [4.78, 5) is 0. The molecule has 1 rings (SSSR count). The number of phenols is 2. The number of aliphatic hydroxyl groups excluding tert-OH is 3. The van der Waals surface area contributed by atoms with Crippen molar-refractivity contribution < 1.29 is 25.5 Å². The average molecular weight is 233 g/mol. The van der Waals surface area contributed by atoms with Gasteiger partial charge in [-0.2, -0.15) is 0 Å². The Morgan fingerprint density at radius 2 is 1.47 bits per heavy atom. The van der Waals surface area contributed by atoms with Gasteiger partial charge >= 0.3 is 0 Å². The topological polar surface area (TPSA) is 101 Å². The molecule has 0 saturated carbocycles. The molecule has 0 heterocycles. The van der Waals surface area contributed by atoms with Crippen LogP contribution in [0.25, 0.3) is 0 Å². The Morgan fingerprint density at radius 3 is 1.93 bits per heavy atom. The quantitative estimate of drug-likeness (QED) is 0.359. The predicted octanol–water partition coefficient (Wildman–Crippen LogP) is -0.410. The van der Waals surface area contributed by atoms with Crippen LogP contribution in [0.5, 0.6) is 11.5 Å². The molecule has 0 unspecified atom stereocenters. The Bertz CT molecular complexity index is 329. The summed E-state index contributed by atoms with van der Waals surface area (Å²) < 4.78 is 0. The summed E-state index contributed by atoms with van der Waals surface area (Å²) in [5.74, 6) is -0.221. The van der Waals surface area contributed by atoms with Crippen LogP contribution in [0.15, 0.2) is 18.2 Å². The van der Waals surface area contributed by atoms with E-state index in [0.717, 1.165) is 0 Å². The van der Waals surface area contributed by atoms with E-state index >= 15 is 0 Å². The van der Waals surface area contributed by atoms with Crippen molar-refractivity contribution in [3.05, 3.63) is 18.2 Å². The van der Waals surface area contributed by atoms with Gasteiger partial charge in [0.05, 0.1) is 0 Å². The highest BCUT2D eigenvalue weighted by Crippen LogP contribution is 2.56. The lowest BCUT2D eigenvalue weighted by Gasteiger charge is -2.20. The molecular weight excluding hydrogens is 219 g/mol. The summed E-state index contributed by atoms with van der Waals surface area (Å²) in [5, 5.41) is 46.6. The third-order valence-corrected chi connectivity index (χ3v) is 5.29. The molecule has 5 nitrogen and oxygen atoms in total. The fraction of sp³-hybridized carbons (Fsp3) is 0.333. The van der Waals surface area contributed by atoms with Crippen molar-refractivity contribution in [1.82, 2.24) is 0 Å². The smallest absolute Gasteiger partial charge is 0.163 e. The second-order valence-corrected chi connectivity index (χ2v) is 6.86. The maximum Gasteiger partial charge on any atom is 0.163 e. The third-order valence-electron chi connectivity index (χ3n) is 2.28. The van der Waals surface area contributed by atoms with E-state index in [1.165, 1.54) is 18.2 Å². The maximum atomic E-state index is 9.55. The van der Waals surface area contributed by atoms with Crippen LogP contribution < -0.4 is 5.30 Å². The van der Waals surface area contributed by atoms with Gasteiger partial charge in [-0.05, 0) is 12.1 Å². The van der Waals surface area contributed by atoms with Crippen molar-refractivity contribution in [3.8, 4) is 11.5 Å². The van der Waals surface area contributed by atoms with E-state index in [4.69, 9.17) is 0 Å². The number of rotatable bonds is 4. The first-order valence-electron chi connectivity index (χ1n) is 4.31. The largest absolute Gasteiger partial charge is 0.508 e. The summed E-state index contributed by atoms with van der Waals surface area (Å²) in [7, 11) is -2.60. The second-order valence-electron chi connectivity index (χ2n) is 3.24. The van der Waals surface area contributed by atoms with Crippen LogP contribution in [-0.2, 0) is 0 Å². The van der Waals surface area contributed by atoms with Gasteiger partial charge in [0.1, 0.15) is 18.3 Å². The summed E-state index contributed by atoms with van der Waals surface area (Å²) in [6.07, 6.45) is -1.26. The summed E-state index contributed by atoms with van der Waals surface area (Å²) in [6, 6.07) is 3.81. The Kier molecular flexibility index (Phi) is 3.88. The molecule has 15 heavy (non-hydrogen) atoms. The van der Waals surface area contributed by atoms with E-state index in [-0.39, 0.29) is 16.8 Å². The molecule has 1 aromatic carbocycles. The van der Waals surface area contributed by atoms with E-state index in [9.17, 15) is 25.5 Å². The molecule has 84 valence electrons. The molecule has 0 aliphatic heterocycles. The van der Waals surface area contributed by atoms with Crippen LogP contribution in [0, 0.1) is 0 Å². The van der Waals surface area contributed by atoms with Crippen LogP contribution >= 0.6 is 7.26 Å². The molecule has 0 aliphatic carbocycles. The van der Waals surface area contributed by atoms with E-state index in [0.29, 0.717) is 0 Å². The monoisotopic (exact) mass is 233 g/mol. The van der Waals surface area contributed by atoms with E-state index < -0.39 is 26.3 Å². The minimum absolute atomic E-state index is 0.0810. The zero-order valence-electron chi connectivity index (χ0n) is 8.04. The van der Waals surface area contributed by atoms with Crippen molar-refractivity contribution in [2.45, 2.75) is 0 Å². The predicted molar refractivity (Wildman–Crippen MR) is 57.6 cm³/mol. The summed E-state index contributed by atoms with van der Waals surface area (Å²) >= 11 is 0. The number of hydrogen-bond donors (Lipinski definition) is 5. The minimum atomic E-state index is -2.60. The van der Waals surface area contributed by atoms with Gasteiger partial charge in [-0.3, -0.25) is 0 Å². The first kappa shape index (κ1) is 12.2. The van der Waals surface area contributed by atoms with Gasteiger partial charge in [0, 0.05) is 6.07 Å². The second kappa shape index (κ2) is 4.77. The fourth-order valence-corrected chi connectivity index (χ4v) is 2.95. The Labute approximate surface area is 87.6 Å². The van der Waals surface area contributed by atoms with Gasteiger partial charge in [-0.25, -0.2) is 0 Å². The molecule has 6 heteroatoms. The Hall–Kier alpha value is -0.870. The Morgan fingerprint density at radius 1 is 0.933 bits per heavy atom. The van der Waals surface area contributed by atoms with Crippen LogP contribution in [0.2, 0.25) is 0 Å². The van der Waals surface area contributed by atoms with Gasteiger partial charge < -0.3 is 25.5 Å². The van der Waals surface area contributed by atoms with Crippen LogP contribution in [0.3, 0.4) is 0 Å². The van der Waals surface area contributed by atoms with Crippen molar-refractivity contribution in [2.75, 3.05) is 19.0 Å². The highest BCUT2D eigenvalue weighted by molar-refractivity contribution is 7.82. The Balaban J connectivity index is 3.27. The van der Waals surface area contributed by atoms with E-state index in [1.54, 1.807) is 0 Å². The normalized spacial score (nSPS) is 11.7. The van der Waals surface area contributed by atoms with Crippen molar-refractivity contribution in [2.24, 2.45) is 0 Å². The van der Waals surface area contributed by atoms with Crippen molar-refractivity contribution in [3.63, 3.8) is 0 Å². The SMILES string of the molecule is OC[P+](CO)(CO)c1cc(O)ccc1O. The number of benzene rings is 1. The number of aliphatic hydroxyl groups is 3. The van der Waals surface area contributed by atoms with Crippen LogP contribution in [-0.4, -0.2) is 44.6 Å². The molecule has 1 aromatic rings. The summed E-state index contributed by atoms with van der Waals surface area (Å²) in [6.45, 7) is 0. The molecular formula is C9H14O5P+. The molecule has 0 aromatic heterocycles. The third kappa shape index (κ3) is 2.21. The molecule has 0 aliphatic rings. The highest BCUT2D eigenvalue weighted by atomic mass is 31.2. The van der Waals surface area contributed by atoms with Crippen molar-refractivity contribution in [1.29, 1.82) is 0 Å². The van der Waals surface area contributed by atoms with E-state index in [2.05, 4.69) is 0 Å². The lowest BCUT2D eigenvalue weighted by molar-refractivity contribution is 0.314. The standard InChI is InChI=1S/C9H13O5P/c10-4-15(5-11,6-12)9-3-7(13)1-2-8(9)14/h1-3,10-12H,4-6H2,(H-,13,14)/p+1. The molecule has 0 radical (unpaired) electrons. The lowest BCUT2D eigenvalue weighted by Crippen LogP contribution is -2.20. The van der Waals surface area contributed by atoms with Gasteiger partial charge in [-0.1, -0.05) is 0 Å². The average Bonchev–Trinajstić information content (AvgIpc) is 2.26. The first-order valence-corrected chi connectivity index (χ1v) is 6.65. The van der Waals surface area contributed by atoms with Gasteiger partial charge in [0.25, 0.3) is 0 Å². The van der Waals surface area contributed by atoms with E-state index in [1.807, 2.05) is 0 Å².